The van der Waals surface area contributed by atoms with Crippen molar-refractivity contribution in [2.75, 3.05) is 14.2 Å². The summed E-state index contributed by atoms with van der Waals surface area (Å²) in [6, 6.07) is 9.02. The number of fused-ring (bicyclic) bond motifs is 3. The van der Waals surface area contributed by atoms with E-state index >= 15 is 0 Å². The molecule has 2 aliphatic rings. The molecule has 0 spiro atoms. The summed E-state index contributed by atoms with van der Waals surface area (Å²) in [5.41, 5.74) is 12.6. The standard InChI is InChI=1S/C27H31N5O4/c1-14-8-15(2)25(16(3)9-14)30-24-13-20-18-11-23(36-5)22(35-4)10-17(18)6-7-31(20)27(34)32(24)21-12-19(21)29-26(28)33/h8-11,13,19,21H,6-7,12H2,1-5H3,(H3,28,29,33)/b30-24+. The van der Waals surface area contributed by atoms with Crippen molar-refractivity contribution in [1.29, 1.82) is 0 Å². The zero-order chi connectivity index (χ0) is 25.7. The zero-order valence-corrected chi connectivity index (χ0v) is 21.2. The molecule has 36 heavy (non-hydrogen) atoms. The van der Waals surface area contributed by atoms with Crippen LogP contribution in [0.1, 0.15) is 34.7 Å². The maximum atomic E-state index is 13.9. The van der Waals surface area contributed by atoms with E-state index in [1.165, 1.54) is 0 Å². The van der Waals surface area contributed by atoms with Crippen LogP contribution in [0.2, 0.25) is 0 Å². The van der Waals surface area contributed by atoms with E-state index in [4.69, 9.17) is 20.2 Å². The minimum atomic E-state index is -0.597. The predicted octanol–water partition coefficient (Wildman–Crippen LogP) is 3.03. The van der Waals surface area contributed by atoms with E-state index in [0.29, 0.717) is 36.4 Å². The summed E-state index contributed by atoms with van der Waals surface area (Å²) in [7, 11) is 3.21. The van der Waals surface area contributed by atoms with Crippen LogP contribution in [-0.2, 0) is 13.0 Å². The molecule has 2 atom stereocenters. The number of ether oxygens (including phenoxy) is 2. The summed E-state index contributed by atoms with van der Waals surface area (Å²) in [4.78, 5) is 30.4. The van der Waals surface area contributed by atoms with Gasteiger partial charge in [0.1, 0.15) is 5.49 Å². The lowest BCUT2D eigenvalue weighted by Crippen LogP contribution is -2.43. The second-order valence-corrected chi connectivity index (χ2v) is 9.58. The fraction of sp³-hybridized carbons (Fsp3) is 0.370. The molecule has 2 unspecified atom stereocenters. The lowest BCUT2D eigenvalue weighted by atomic mass is 9.97. The Morgan fingerprint density at radius 2 is 1.72 bits per heavy atom. The fourth-order valence-corrected chi connectivity index (χ4v) is 5.30. The Hall–Kier alpha value is -4.01. The summed E-state index contributed by atoms with van der Waals surface area (Å²) >= 11 is 0. The third kappa shape index (κ3) is 4.04. The number of benzene rings is 2. The second kappa shape index (κ2) is 8.89. The molecular weight excluding hydrogens is 458 g/mol. The number of rotatable bonds is 5. The lowest BCUT2D eigenvalue weighted by Gasteiger charge is -2.25. The van der Waals surface area contributed by atoms with Crippen LogP contribution < -0.4 is 31.7 Å². The number of urea groups is 1. The number of nitrogens with one attached hydrogen (secondary N) is 1. The molecule has 0 bridgehead atoms. The van der Waals surface area contributed by atoms with Gasteiger partial charge in [0, 0.05) is 18.2 Å². The Labute approximate surface area is 209 Å². The van der Waals surface area contributed by atoms with Crippen molar-refractivity contribution >= 4 is 11.7 Å². The van der Waals surface area contributed by atoms with Crippen LogP contribution in [0.3, 0.4) is 0 Å². The van der Waals surface area contributed by atoms with E-state index in [1.807, 2.05) is 32.0 Å². The van der Waals surface area contributed by atoms with Gasteiger partial charge in [-0.25, -0.2) is 14.6 Å². The van der Waals surface area contributed by atoms with Gasteiger partial charge in [-0.15, -0.1) is 0 Å². The van der Waals surface area contributed by atoms with E-state index in [1.54, 1.807) is 23.4 Å². The molecule has 1 aliphatic heterocycles. The minimum Gasteiger partial charge on any atom is -0.493 e. The van der Waals surface area contributed by atoms with Gasteiger partial charge in [0.2, 0.25) is 0 Å². The van der Waals surface area contributed by atoms with Gasteiger partial charge in [-0.05, 0) is 62.4 Å². The molecule has 2 aromatic carbocycles. The molecule has 2 amide bonds. The van der Waals surface area contributed by atoms with Crippen LogP contribution in [0.5, 0.6) is 11.5 Å². The van der Waals surface area contributed by atoms with E-state index in [0.717, 1.165) is 39.2 Å². The molecule has 1 fully saturated rings. The molecule has 3 N–H and O–H groups in total. The topological polar surface area (TPSA) is 113 Å². The lowest BCUT2D eigenvalue weighted by molar-refractivity contribution is 0.248. The number of aryl methyl sites for hydroxylation is 4. The Morgan fingerprint density at radius 1 is 1.06 bits per heavy atom. The molecule has 0 radical (unpaired) electrons. The van der Waals surface area contributed by atoms with Crippen molar-refractivity contribution in [2.45, 2.75) is 52.2 Å². The van der Waals surface area contributed by atoms with Crippen molar-refractivity contribution < 1.29 is 14.3 Å². The molecule has 3 aromatic rings. The third-order valence-corrected chi connectivity index (χ3v) is 7.01. The molecule has 0 saturated heterocycles. The second-order valence-electron chi connectivity index (χ2n) is 9.58. The largest absolute Gasteiger partial charge is 0.493 e. The van der Waals surface area contributed by atoms with Crippen molar-refractivity contribution in [2.24, 2.45) is 10.7 Å². The minimum absolute atomic E-state index is 0.159. The average molecular weight is 490 g/mol. The molecule has 1 aromatic heterocycles. The Morgan fingerprint density at radius 3 is 2.36 bits per heavy atom. The highest BCUT2D eigenvalue weighted by Gasteiger charge is 2.42. The number of methoxy groups -OCH3 is 2. The number of hydrogen-bond acceptors (Lipinski definition) is 5. The van der Waals surface area contributed by atoms with E-state index < -0.39 is 6.03 Å². The van der Waals surface area contributed by atoms with Gasteiger partial charge in [-0.2, -0.15) is 0 Å². The summed E-state index contributed by atoms with van der Waals surface area (Å²) < 4.78 is 14.5. The van der Waals surface area contributed by atoms with Gasteiger partial charge < -0.3 is 20.5 Å². The van der Waals surface area contributed by atoms with E-state index in [-0.39, 0.29) is 17.8 Å². The van der Waals surface area contributed by atoms with E-state index in [9.17, 15) is 9.59 Å². The third-order valence-electron chi connectivity index (χ3n) is 7.01. The van der Waals surface area contributed by atoms with Crippen molar-refractivity contribution in [1.82, 2.24) is 14.5 Å². The number of nitrogens with zero attached hydrogens (tertiary/aromatic N) is 3. The summed E-state index contributed by atoms with van der Waals surface area (Å²) in [5.74, 6) is 1.26. The van der Waals surface area contributed by atoms with Crippen LogP contribution in [0.15, 0.2) is 40.1 Å². The first-order valence-corrected chi connectivity index (χ1v) is 12.0. The molecule has 9 heteroatoms. The molecule has 1 aliphatic carbocycles. The number of amides is 2. The first-order chi connectivity index (χ1) is 17.2. The number of aromatic nitrogens is 2. The van der Waals surface area contributed by atoms with Crippen molar-refractivity contribution in [3.8, 4) is 22.8 Å². The molecule has 188 valence electrons. The number of carbonyl (C=O) groups is 1. The van der Waals surface area contributed by atoms with Gasteiger partial charge in [0.15, 0.2) is 11.5 Å². The quantitative estimate of drug-likeness (QED) is 0.574. The Kier molecular flexibility index (Phi) is 5.86. The molecule has 9 nitrogen and oxygen atoms in total. The zero-order valence-electron chi connectivity index (χ0n) is 21.2. The van der Waals surface area contributed by atoms with E-state index in [2.05, 4.69) is 24.4 Å². The monoisotopic (exact) mass is 489 g/mol. The number of primary amides is 1. The summed E-state index contributed by atoms with van der Waals surface area (Å²) in [6.45, 7) is 6.63. The first-order valence-electron chi connectivity index (χ1n) is 12.0. The highest BCUT2D eigenvalue weighted by molar-refractivity contribution is 5.72. The number of nitrogens with two attached hydrogens (primary N) is 1. The average Bonchev–Trinajstić information content (AvgIpc) is 3.57. The maximum absolute atomic E-state index is 13.9. The Bertz CT molecular complexity index is 1490. The normalized spacial score (nSPS) is 18.3. The van der Waals surface area contributed by atoms with Gasteiger partial charge in [0.25, 0.3) is 0 Å². The fourth-order valence-electron chi connectivity index (χ4n) is 5.30. The van der Waals surface area contributed by atoms with Gasteiger partial charge >= 0.3 is 11.7 Å². The SMILES string of the molecule is COc1cc2c(cc1OC)-c1c/c(=N\c3c(C)cc(C)cc3C)n(C3CC3NC(N)=O)c(=O)n1CC2. The van der Waals surface area contributed by atoms with Crippen molar-refractivity contribution in [3.05, 3.63) is 68.6 Å². The molecule has 1 saturated carbocycles. The van der Waals surface area contributed by atoms with Crippen LogP contribution in [-0.4, -0.2) is 35.4 Å². The van der Waals surface area contributed by atoms with Crippen molar-refractivity contribution in [3.63, 3.8) is 0 Å². The molecule has 2 heterocycles. The smallest absolute Gasteiger partial charge is 0.330 e. The van der Waals surface area contributed by atoms with Gasteiger partial charge in [0.05, 0.1) is 37.7 Å². The number of hydrogen-bond donors (Lipinski definition) is 2. The van der Waals surface area contributed by atoms with Crippen LogP contribution in [0.25, 0.3) is 11.3 Å². The van der Waals surface area contributed by atoms with Crippen LogP contribution in [0.4, 0.5) is 10.5 Å². The maximum Gasteiger partial charge on any atom is 0.330 e. The van der Waals surface area contributed by atoms with Gasteiger partial charge in [-0.1, -0.05) is 17.7 Å². The number of carbonyl (C=O) groups excluding carboxylic acids is 1. The highest BCUT2D eigenvalue weighted by Crippen LogP contribution is 2.38. The van der Waals surface area contributed by atoms with Crippen LogP contribution >= 0.6 is 0 Å². The van der Waals surface area contributed by atoms with Crippen LogP contribution in [0, 0.1) is 20.8 Å². The highest BCUT2D eigenvalue weighted by atomic mass is 16.5. The summed E-state index contributed by atoms with van der Waals surface area (Å²) in [6.07, 6.45) is 1.31. The van der Waals surface area contributed by atoms with Gasteiger partial charge in [-0.3, -0.25) is 9.13 Å². The summed E-state index contributed by atoms with van der Waals surface area (Å²) in [5, 5.41) is 2.74. The molecular formula is C27H31N5O4. The first kappa shape index (κ1) is 23.7. The molecule has 5 rings (SSSR count). The Balaban J connectivity index is 1.77. The predicted molar refractivity (Wildman–Crippen MR) is 137 cm³/mol.